The fraction of sp³-hybridized carbons (Fsp3) is 0.769. The van der Waals surface area contributed by atoms with Gasteiger partial charge in [0.15, 0.2) is 5.03 Å². The third-order valence-electron chi connectivity index (χ3n) is 3.76. The number of nitrogens with two attached hydrogens (primary N) is 1. The van der Waals surface area contributed by atoms with Gasteiger partial charge in [-0.25, -0.2) is 18.1 Å². The summed E-state index contributed by atoms with van der Waals surface area (Å²) >= 11 is 0. The predicted molar refractivity (Wildman–Crippen MR) is 77.6 cm³/mol. The summed E-state index contributed by atoms with van der Waals surface area (Å²) in [6, 6.07) is 0. The molecule has 1 saturated carbocycles. The van der Waals surface area contributed by atoms with E-state index >= 15 is 0 Å². The van der Waals surface area contributed by atoms with Gasteiger partial charge in [0.2, 0.25) is 0 Å². The minimum Gasteiger partial charge on any atom is -0.336 e. The number of rotatable bonds is 6. The van der Waals surface area contributed by atoms with Crippen LogP contribution in [0, 0.1) is 5.92 Å². The van der Waals surface area contributed by atoms with Crippen molar-refractivity contribution in [1.82, 2.24) is 14.3 Å². The van der Waals surface area contributed by atoms with Gasteiger partial charge in [0, 0.05) is 24.8 Å². The quantitative estimate of drug-likeness (QED) is 0.823. The highest BCUT2D eigenvalue weighted by Gasteiger charge is 2.37. The van der Waals surface area contributed by atoms with Crippen LogP contribution in [0.2, 0.25) is 0 Å². The van der Waals surface area contributed by atoms with E-state index in [0.29, 0.717) is 12.5 Å². The Kier molecular flexibility index (Phi) is 4.51. The van der Waals surface area contributed by atoms with Crippen LogP contribution in [0.15, 0.2) is 17.6 Å². The molecule has 1 aliphatic rings. The molecule has 0 bridgehead atoms. The first-order chi connectivity index (χ1) is 9.37. The summed E-state index contributed by atoms with van der Waals surface area (Å²) in [5.74, 6) is 0.443. The van der Waals surface area contributed by atoms with Crippen LogP contribution in [0.1, 0.15) is 39.5 Å². The highest BCUT2D eigenvalue weighted by molar-refractivity contribution is 7.89. The number of nitrogens with zero attached hydrogens (tertiary/aromatic N) is 2. The predicted octanol–water partition coefficient (Wildman–Crippen LogP) is 1.09. The lowest BCUT2D eigenvalue weighted by Crippen LogP contribution is -2.51. The summed E-state index contributed by atoms with van der Waals surface area (Å²) in [4.78, 5) is 4.02. The van der Waals surface area contributed by atoms with Crippen molar-refractivity contribution in [1.29, 1.82) is 0 Å². The van der Waals surface area contributed by atoms with E-state index in [1.807, 2.05) is 4.57 Å². The molecule has 114 valence electrons. The molecule has 0 radical (unpaired) electrons. The molecule has 0 aliphatic heterocycles. The van der Waals surface area contributed by atoms with Crippen molar-refractivity contribution in [3.63, 3.8) is 0 Å². The Morgan fingerprint density at radius 1 is 1.45 bits per heavy atom. The fourth-order valence-electron chi connectivity index (χ4n) is 2.74. The summed E-state index contributed by atoms with van der Waals surface area (Å²) in [5.41, 5.74) is 5.29. The Balaban J connectivity index is 2.15. The molecule has 0 aromatic carbocycles. The minimum absolute atomic E-state index is 0.0814. The zero-order valence-corrected chi connectivity index (χ0v) is 13.0. The smallest absolute Gasteiger partial charge is 0.260 e. The van der Waals surface area contributed by atoms with Crippen LogP contribution < -0.4 is 10.5 Å². The first kappa shape index (κ1) is 15.5. The van der Waals surface area contributed by atoms with E-state index in [1.54, 1.807) is 12.5 Å². The lowest BCUT2D eigenvalue weighted by atomic mass is 10.0. The molecule has 0 saturated heterocycles. The summed E-state index contributed by atoms with van der Waals surface area (Å²) < 4.78 is 29.4. The molecule has 1 aromatic heterocycles. The van der Waals surface area contributed by atoms with Crippen LogP contribution in [0.4, 0.5) is 0 Å². The van der Waals surface area contributed by atoms with Gasteiger partial charge in [-0.2, -0.15) is 0 Å². The van der Waals surface area contributed by atoms with Crippen molar-refractivity contribution in [2.45, 2.75) is 56.6 Å². The van der Waals surface area contributed by atoms with E-state index in [4.69, 9.17) is 5.73 Å². The van der Waals surface area contributed by atoms with Gasteiger partial charge in [-0.05, 0) is 18.8 Å². The lowest BCUT2D eigenvalue weighted by molar-refractivity contribution is 0.399. The lowest BCUT2D eigenvalue weighted by Gasteiger charge is -2.27. The molecule has 0 atom stereocenters. The van der Waals surface area contributed by atoms with Gasteiger partial charge in [-0.3, -0.25) is 0 Å². The number of imidazole rings is 1. The number of hydrogen-bond acceptors (Lipinski definition) is 4. The average molecular weight is 300 g/mol. The van der Waals surface area contributed by atoms with Gasteiger partial charge in [-0.15, -0.1) is 0 Å². The third kappa shape index (κ3) is 3.39. The third-order valence-corrected chi connectivity index (χ3v) is 5.23. The Labute approximate surface area is 120 Å². The van der Waals surface area contributed by atoms with Crippen LogP contribution in [0.3, 0.4) is 0 Å². The van der Waals surface area contributed by atoms with Crippen LogP contribution >= 0.6 is 0 Å². The van der Waals surface area contributed by atoms with E-state index in [1.165, 1.54) is 0 Å². The fourth-order valence-corrected chi connectivity index (χ4v) is 4.16. The molecule has 6 nitrogen and oxygen atoms in total. The zero-order valence-electron chi connectivity index (χ0n) is 12.2. The van der Waals surface area contributed by atoms with Gasteiger partial charge in [0.1, 0.15) is 0 Å². The van der Waals surface area contributed by atoms with E-state index in [9.17, 15) is 8.42 Å². The van der Waals surface area contributed by atoms with Crippen molar-refractivity contribution < 1.29 is 8.42 Å². The highest BCUT2D eigenvalue weighted by atomic mass is 32.2. The Hall–Kier alpha value is -0.920. The second-order valence-corrected chi connectivity index (χ2v) is 7.73. The zero-order chi connectivity index (χ0) is 14.8. The van der Waals surface area contributed by atoms with E-state index < -0.39 is 15.6 Å². The first-order valence-electron chi connectivity index (χ1n) is 7.13. The molecule has 7 heteroatoms. The maximum atomic E-state index is 12.4. The van der Waals surface area contributed by atoms with Gasteiger partial charge >= 0.3 is 0 Å². The highest BCUT2D eigenvalue weighted by Crippen LogP contribution is 2.30. The SMILES string of the molecule is CC(C)Cn1cnc(S(=O)(=O)NC2(CN)CCCC2)c1. The largest absolute Gasteiger partial charge is 0.336 e. The molecule has 3 N–H and O–H groups in total. The maximum Gasteiger partial charge on any atom is 0.260 e. The normalized spacial score (nSPS) is 18.8. The molecule has 1 heterocycles. The van der Waals surface area contributed by atoms with Gasteiger partial charge < -0.3 is 10.3 Å². The molecular weight excluding hydrogens is 276 g/mol. The number of sulfonamides is 1. The van der Waals surface area contributed by atoms with Crippen molar-refractivity contribution in [3.8, 4) is 0 Å². The van der Waals surface area contributed by atoms with Gasteiger partial charge in [0.05, 0.1) is 6.33 Å². The molecule has 2 rings (SSSR count). The standard InChI is InChI=1S/C13H24N4O2S/c1-11(2)7-17-8-12(15-10-17)20(18,19)16-13(9-14)5-3-4-6-13/h8,10-11,16H,3-7,9,14H2,1-2H3. The molecule has 0 amide bonds. The van der Waals surface area contributed by atoms with Crippen molar-refractivity contribution in [2.75, 3.05) is 6.54 Å². The van der Waals surface area contributed by atoms with Crippen LogP contribution in [-0.2, 0) is 16.6 Å². The van der Waals surface area contributed by atoms with E-state index in [-0.39, 0.29) is 5.03 Å². The summed E-state index contributed by atoms with van der Waals surface area (Å²) in [7, 11) is -3.59. The Morgan fingerprint density at radius 3 is 2.65 bits per heavy atom. The van der Waals surface area contributed by atoms with Gasteiger partial charge in [0.25, 0.3) is 10.0 Å². The molecule has 0 unspecified atom stereocenters. The van der Waals surface area contributed by atoms with Crippen LogP contribution in [0.25, 0.3) is 0 Å². The number of nitrogens with one attached hydrogen (secondary N) is 1. The average Bonchev–Trinajstić information content (AvgIpc) is 2.98. The number of aromatic nitrogens is 2. The second-order valence-electron chi connectivity index (χ2n) is 6.10. The molecule has 20 heavy (non-hydrogen) atoms. The second kappa shape index (κ2) is 5.83. The van der Waals surface area contributed by atoms with Crippen LogP contribution in [0.5, 0.6) is 0 Å². The Morgan fingerprint density at radius 2 is 2.10 bits per heavy atom. The van der Waals surface area contributed by atoms with Crippen molar-refractivity contribution >= 4 is 10.0 Å². The topological polar surface area (TPSA) is 90.0 Å². The van der Waals surface area contributed by atoms with Crippen molar-refractivity contribution in [3.05, 3.63) is 12.5 Å². The molecule has 1 fully saturated rings. The Bertz CT molecular complexity index is 544. The minimum atomic E-state index is -3.59. The first-order valence-corrected chi connectivity index (χ1v) is 8.61. The number of hydrogen-bond donors (Lipinski definition) is 2. The monoisotopic (exact) mass is 300 g/mol. The summed E-state index contributed by atoms with van der Waals surface area (Å²) in [5, 5.41) is 0.0814. The maximum absolute atomic E-state index is 12.4. The summed E-state index contributed by atoms with van der Waals surface area (Å²) in [6.45, 7) is 5.24. The van der Waals surface area contributed by atoms with E-state index in [0.717, 1.165) is 32.2 Å². The molecule has 0 spiro atoms. The van der Waals surface area contributed by atoms with Gasteiger partial charge in [-0.1, -0.05) is 26.7 Å². The van der Waals surface area contributed by atoms with E-state index in [2.05, 4.69) is 23.6 Å². The summed E-state index contributed by atoms with van der Waals surface area (Å²) in [6.07, 6.45) is 6.79. The molecule has 1 aromatic rings. The van der Waals surface area contributed by atoms with Crippen LogP contribution in [-0.4, -0.2) is 30.1 Å². The molecular formula is C13H24N4O2S. The van der Waals surface area contributed by atoms with Crippen molar-refractivity contribution in [2.24, 2.45) is 11.7 Å². The molecule has 1 aliphatic carbocycles.